The highest BCUT2D eigenvalue weighted by Gasteiger charge is 2.23. The molecule has 2 atom stereocenters. The molecule has 1 saturated heterocycles. The van der Waals surface area contributed by atoms with Crippen LogP contribution in [0.2, 0.25) is 0 Å². The fraction of sp³-hybridized carbons (Fsp3) is 0.556. The summed E-state index contributed by atoms with van der Waals surface area (Å²) in [5.41, 5.74) is 0.856. The molecule has 1 fully saturated rings. The lowest BCUT2D eigenvalue weighted by Gasteiger charge is -2.30. The van der Waals surface area contributed by atoms with E-state index in [1.165, 1.54) is 25.7 Å². The summed E-state index contributed by atoms with van der Waals surface area (Å²) >= 11 is 0. The molecule has 0 spiro atoms. The largest absolute Gasteiger partial charge is 0.458 e. The van der Waals surface area contributed by atoms with Crippen molar-refractivity contribution in [3.05, 3.63) is 36.1 Å². The van der Waals surface area contributed by atoms with Crippen molar-refractivity contribution in [2.24, 2.45) is 0 Å². The summed E-state index contributed by atoms with van der Waals surface area (Å²) in [5.74, 6) is 0.690. The van der Waals surface area contributed by atoms with E-state index >= 15 is 0 Å². The number of hydrogen-bond donors (Lipinski definition) is 1. The lowest BCUT2D eigenvalue weighted by molar-refractivity contribution is 0.0732. The summed E-state index contributed by atoms with van der Waals surface area (Å²) in [6, 6.07) is 10.5. The van der Waals surface area contributed by atoms with Crippen molar-refractivity contribution in [1.82, 2.24) is 4.90 Å². The van der Waals surface area contributed by atoms with Crippen LogP contribution in [0.4, 0.5) is 0 Å². The van der Waals surface area contributed by atoms with Gasteiger partial charge in [-0.25, -0.2) is 0 Å². The van der Waals surface area contributed by atoms with Gasteiger partial charge in [0.05, 0.1) is 0 Å². The van der Waals surface area contributed by atoms with Crippen LogP contribution in [0.25, 0.3) is 11.0 Å². The normalized spacial score (nSPS) is 22.3. The molecule has 114 valence electrons. The number of β-amino-alcohol motifs (C(OH)–C–C–N with tert-alkyl or cyclic N) is 1. The summed E-state index contributed by atoms with van der Waals surface area (Å²) in [5, 5.41) is 11.6. The molecule has 3 nitrogen and oxygen atoms in total. The predicted octanol–water partition coefficient (Wildman–Crippen LogP) is 4.12. The predicted molar refractivity (Wildman–Crippen MR) is 85.3 cm³/mol. The SMILES string of the molecule is CCC1CCCCCN1CC(O)c1cc2ccccc2o1. The third kappa shape index (κ3) is 3.30. The van der Waals surface area contributed by atoms with E-state index in [9.17, 15) is 5.11 Å². The minimum atomic E-state index is -0.537. The van der Waals surface area contributed by atoms with Gasteiger partial charge in [0.15, 0.2) is 0 Å². The number of fused-ring (bicyclic) bond motifs is 1. The van der Waals surface area contributed by atoms with Gasteiger partial charge in [-0.15, -0.1) is 0 Å². The zero-order chi connectivity index (χ0) is 14.7. The first-order valence-electron chi connectivity index (χ1n) is 8.18. The van der Waals surface area contributed by atoms with Gasteiger partial charge in [-0.3, -0.25) is 4.90 Å². The Hall–Kier alpha value is -1.32. The van der Waals surface area contributed by atoms with Crippen molar-refractivity contribution < 1.29 is 9.52 Å². The maximum Gasteiger partial charge on any atom is 0.135 e. The van der Waals surface area contributed by atoms with Gasteiger partial charge in [0, 0.05) is 18.0 Å². The average Bonchev–Trinajstić information content (AvgIpc) is 2.82. The number of hydrogen-bond acceptors (Lipinski definition) is 3. The smallest absolute Gasteiger partial charge is 0.135 e. The molecule has 1 aromatic carbocycles. The van der Waals surface area contributed by atoms with Crippen molar-refractivity contribution in [3.8, 4) is 0 Å². The van der Waals surface area contributed by atoms with E-state index in [0.29, 0.717) is 18.3 Å². The maximum absolute atomic E-state index is 10.5. The van der Waals surface area contributed by atoms with Gasteiger partial charge in [0.2, 0.25) is 0 Å². The van der Waals surface area contributed by atoms with Crippen LogP contribution in [0, 0.1) is 0 Å². The first-order valence-corrected chi connectivity index (χ1v) is 8.18. The van der Waals surface area contributed by atoms with Crippen LogP contribution in [-0.4, -0.2) is 29.1 Å². The molecule has 3 heteroatoms. The Bertz CT molecular complexity index is 544. The highest BCUT2D eigenvalue weighted by molar-refractivity contribution is 5.77. The van der Waals surface area contributed by atoms with Gasteiger partial charge in [0.25, 0.3) is 0 Å². The van der Waals surface area contributed by atoms with Crippen molar-refractivity contribution >= 4 is 11.0 Å². The fourth-order valence-electron chi connectivity index (χ4n) is 3.42. The Labute approximate surface area is 126 Å². The second-order valence-corrected chi connectivity index (χ2v) is 6.11. The van der Waals surface area contributed by atoms with Crippen LogP contribution >= 0.6 is 0 Å². The van der Waals surface area contributed by atoms with Gasteiger partial charge >= 0.3 is 0 Å². The molecule has 0 radical (unpaired) electrons. The molecular formula is C18H25NO2. The molecule has 1 aromatic heterocycles. The molecule has 0 aliphatic carbocycles. The van der Waals surface area contributed by atoms with E-state index in [4.69, 9.17) is 4.42 Å². The Kier molecular flexibility index (Phi) is 4.61. The molecule has 21 heavy (non-hydrogen) atoms. The molecule has 2 unspecified atom stereocenters. The monoisotopic (exact) mass is 287 g/mol. The van der Waals surface area contributed by atoms with Crippen molar-refractivity contribution in [2.75, 3.05) is 13.1 Å². The number of para-hydroxylation sites is 1. The van der Waals surface area contributed by atoms with Gasteiger partial charge < -0.3 is 9.52 Å². The highest BCUT2D eigenvalue weighted by atomic mass is 16.4. The summed E-state index contributed by atoms with van der Waals surface area (Å²) in [4.78, 5) is 2.45. The second kappa shape index (κ2) is 6.63. The average molecular weight is 287 g/mol. The fourth-order valence-corrected chi connectivity index (χ4v) is 3.42. The molecule has 2 heterocycles. The minimum Gasteiger partial charge on any atom is -0.458 e. The van der Waals surface area contributed by atoms with E-state index in [0.717, 1.165) is 23.9 Å². The van der Waals surface area contributed by atoms with Crippen LogP contribution in [0.15, 0.2) is 34.7 Å². The Morgan fingerprint density at radius 3 is 2.95 bits per heavy atom. The van der Waals surface area contributed by atoms with E-state index in [1.54, 1.807) is 0 Å². The van der Waals surface area contributed by atoms with Crippen LogP contribution in [-0.2, 0) is 0 Å². The number of rotatable bonds is 4. The molecule has 1 aliphatic rings. The van der Waals surface area contributed by atoms with E-state index < -0.39 is 6.10 Å². The van der Waals surface area contributed by atoms with Gasteiger partial charge in [-0.1, -0.05) is 38.0 Å². The Morgan fingerprint density at radius 1 is 1.29 bits per heavy atom. The maximum atomic E-state index is 10.5. The van der Waals surface area contributed by atoms with Gasteiger partial charge in [0.1, 0.15) is 17.4 Å². The summed E-state index contributed by atoms with van der Waals surface area (Å²) in [6.07, 6.45) is 5.74. The molecule has 2 aromatic rings. The number of benzene rings is 1. The molecule has 0 bridgehead atoms. The number of aliphatic hydroxyl groups excluding tert-OH is 1. The standard InChI is InChI=1S/C18H25NO2/c1-2-15-9-4-3-7-11-19(15)13-16(20)18-12-14-8-5-6-10-17(14)21-18/h5-6,8,10,12,15-16,20H,2-4,7,9,11,13H2,1H3. The lowest BCUT2D eigenvalue weighted by atomic mass is 10.1. The number of nitrogens with zero attached hydrogens (tertiary/aromatic N) is 1. The third-order valence-corrected chi connectivity index (χ3v) is 4.65. The number of furan rings is 1. The summed E-state index contributed by atoms with van der Waals surface area (Å²) < 4.78 is 5.79. The minimum absolute atomic E-state index is 0.537. The molecule has 1 aliphatic heterocycles. The molecule has 0 saturated carbocycles. The third-order valence-electron chi connectivity index (χ3n) is 4.65. The zero-order valence-corrected chi connectivity index (χ0v) is 12.8. The highest BCUT2D eigenvalue weighted by Crippen LogP contribution is 2.26. The lowest BCUT2D eigenvalue weighted by Crippen LogP contribution is -2.37. The van der Waals surface area contributed by atoms with E-state index in [-0.39, 0.29) is 0 Å². The van der Waals surface area contributed by atoms with Gasteiger partial charge in [-0.05, 0) is 37.9 Å². The van der Waals surface area contributed by atoms with Crippen molar-refractivity contribution in [1.29, 1.82) is 0 Å². The zero-order valence-electron chi connectivity index (χ0n) is 12.8. The Balaban J connectivity index is 1.73. The van der Waals surface area contributed by atoms with E-state index in [2.05, 4.69) is 11.8 Å². The quantitative estimate of drug-likeness (QED) is 0.919. The van der Waals surface area contributed by atoms with Crippen LogP contribution in [0.1, 0.15) is 50.9 Å². The molecular weight excluding hydrogens is 262 g/mol. The van der Waals surface area contributed by atoms with Crippen molar-refractivity contribution in [3.63, 3.8) is 0 Å². The molecule has 1 N–H and O–H groups in total. The first-order chi connectivity index (χ1) is 10.3. The van der Waals surface area contributed by atoms with Gasteiger partial charge in [-0.2, -0.15) is 0 Å². The topological polar surface area (TPSA) is 36.6 Å². The van der Waals surface area contributed by atoms with E-state index in [1.807, 2.05) is 30.3 Å². The van der Waals surface area contributed by atoms with Crippen LogP contribution in [0.5, 0.6) is 0 Å². The first kappa shape index (κ1) is 14.6. The molecule has 0 amide bonds. The summed E-state index contributed by atoms with van der Waals surface area (Å²) in [6.45, 7) is 4.02. The van der Waals surface area contributed by atoms with Crippen LogP contribution < -0.4 is 0 Å². The second-order valence-electron chi connectivity index (χ2n) is 6.11. The Morgan fingerprint density at radius 2 is 2.14 bits per heavy atom. The van der Waals surface area contributed by atoms with Crippen LogP contribution in [0.3, 0.4) is 0 Å². The number of aliphatic hydroxyl groups is 1. The summed E-state index contributed by atoms with van der Waals surface area (Å²) in [7, 11) is 0. The van der Waals surface area contributed by atoms with Crippen molar-refractivity contribution in [2.45, 2.75) is 51.2 Å². The molecule has 3 rings (SSSR count). The number of likely N-dealkylation sites (tertiary alicyclic amines) is 1.